The van der Waals surface area contributed by atoms with Gasteiger partial charge in [0.25, 0.3) is 0 Å². The minimum atomic E-state index is 0.525. The van der Waals surface area contributed by atoms with Gasteiger partial charge in [-0.05, 0) is 99.2 Å². The van der Waals surface area contributed by atoms with Crippen molar-refractivity contribution >= 4 is 80.7 Å². The predicted molar refractivity (Wildman–Crippen MR) is 272 cm³/mol. The maximum absolute atomic E-state index is 9.12. The number of hydrogen-bond donors (Lipinski definition) is 2. The average molecular weight is 829 g/mol. The lowest BCUT2D eigenvalue weighted by atomic mass is 9.91. The van der Waals surface area contributed by atoms with Crippen LogP contribution in [0.5, 0.6) is 0 Å². The molecular formula is C59H44N2OS. The first-order valence-corrected chi connectivity index (χ1v) is 22.0. The van der Waals surface area contributed by atoms with E-state index in [0.717, 1.165) is 49.8 Å². The van der Waals surface area contributed by atoms with E-state index < -0.39 is 0 Å². The third-order valence-electron chi connectivity index (χ3n) is 11.9. The maximum atomic E-state index is 9.12. The number of furan rings is 1. The molecule has 0 amide bonds. The highest BCUT2D eigenvalue weighted by atomic mass is 32.1. The van der Waals surface area contributed by atoms with Crippen molar-refractivity contribution in [2.24, 2.45) is 5.73 Å². The maximum Gasteiger partial charge on any atom is 0.136 e. The zero-order valence-electron chi connectivity index (χ0n) is 35.1. The number of aryl methyl sites for hydroxylation is 1. The summed E-state index contributed by atoms with van der Waals surface area (Å²) in [6.45, 7) is 2.08. The molecule has 0 radical (unpaired) electrons. The van der Waals surface area contributed by atoms with Crippen LogP contribution in [0.25, 0.3) is 97.0 Å². The second-order valence-electron chi connectivity index (χ2n) is 15.6. The fraction of sp³-hybridized carbons (Fsp3) is 0.0339. The molecule has 0 fully saturated rings. The van der Waals surface area contributed by atoms with E-state index in [-0.39, 0.29) is 0 Å². The highest BCUT2D eigenvalue weighted by molar-refractivity contribution is 7.25. The van der Waals surface area contributed by atoms with Crippen LogP contribution in [-0.2, 0) is 0 Å². The molecule has 3 nitrogen and oxygen atoms in total. The summed E-state index contributed by atoms with van der Waals surface area (Å²) < 4.78 is 8.93. The Hall–Kier alpha value is -7.63. The lowest BCUT2D eigenvalue weighted by Crippen LogP contribution is -2.00. The highest BCUT2D eigenvalue weighted by Gasteiger charge is 2.17. The Labute approximate surface area is 370 Å². The third-order valence-corrected chi connectivity index (χ3v) is 13.0. The molecule has 2 heterocycles. The van der Waals surface area contributed by atoms with E-state index in [1.165, 1.54) is 71.0 Å². The van der Waals surface area contributed by atoms with Crippen LogP contribution in [0, 0.1) is 12.3 Å². The first-order valence-electron chi connectivity index (χ1n) is 21.2. The van der Waals surface area contributed by atoms with Crippen LogP contribution >= 0.6 is 11.3 Å². The van der Waals surface area contributed by atoms with Gasteiger partial charge in [-0.15, -0.1) is 11.3 Å². The summed E-state index contributed by atoms with van der Waals surface area (Å²) in [6.07, 6.45) is 0. The summed E-state index contributed by atoms with van der Waals surface area (Å²) in [5.74, 6) is 0. The van der Waals surface area contributed by atoms with Gasteiger partial charge in [-0.3, -0.25) is 5.41 Å². The van der Waals surface area contributed by atoms with E-state index in [2.05, 4.69) is 207 Å². The molecule has 0 saturated heterocycles. The molecule has 4 heteroatoms. The predicted octanol–water partition coefficient (Wildman–Crippen LogP) is 16.2. The smallest absolute Gasteiger partial charge is 0.136 e. The standard InChI is InChI=1S/C51H31NOS.C7H8.CH5N/c52-51(35-23-25-44-43-11-4-5-18-48(43)54-49(44)30-35)33-21-19-32(20-22-33)38-14-8-17-47-50(38)45-29-34(24-28-46(45)53-47)37-13-7-16-40-39-15-6-12-36(31-9-2-1-3-10-31)41(39)26-27-42(37)40;1-7-5-3-2-4-6-7;1-2/h1-30,52H;2-6H,1H3;2H2,1H3. The van der Waals surface area contributed by atoms with E-state index >= 15 is 0 Å². The average Bonchev–Trinajstić information content (AvgIpc) is 3.92. The van der Waals surface area contributed by atoms with Gasteiger partial charge in [0.15, 0.2) is 0 Å². The van der Waals surface area contributed by atoms with E-state index in [1.807, 2.05) is 18.2 Å². The SMILES string of the molecule is CN.Cc1ccccc1.N=C(c1ccc(-c2cccc3oc4ccc(-c5cccc6c5ccc5c(-c7ccccc7)cccc56)cc4c23)cc1)c1ccc2c(c1)sc1ccccc12. The zero-order chi connectivity index (χ0) is 42.9. The lowest BCUT2D eigenvalue weighted by molar-refractivity contribution is 0.669. The molecule has 3 N–H and O–H groups in total. The molecule has 2 aromatic heterocycles. The molecule has 0 aliphatic rings. The molecule has 0 unspecified atom stereocenters. The Morgan fingerprint density at radius 2 is 0.937 bits per heavy atom. The quantitative estimate of drug-likeness (QED) is 0.134. The molecular weight excluding hydrogens is 785 g/mol. The molecule has 0 atom stereocenters. The molecule has 0 aliphatic heterocycles. The molecule has 63 heavy (non-hydrogen) atoms. The Morgan fingerprint density at radius 1 is 0.397 bits per heavy atom. The number of nitrogens with two attached hydrogens (primary N) is 1. The second-order valence-corrected chi connectivity index (χ2v) is 16.7. The largest absolute Gasteiger partial charge is 0.456 e. The summed E-state index contributed by atoms with van der Waals surface area (Å²) in [6, 6.07) is 74.9. The summed E-state index contributed by atoms with van der Waals surface area (Å²) in [5.41, 5.74) is 16.9. The number of hydrogen-bond acceptors (Lipinski definition) is 4. The minimum Gasteiger partial charge on any atom is -0.456 e. The van der Waals surface area contributed by atoms with Gasteiger partial charge in [0.1, 0.15) is 11.2 Å². The highest BCUT2D eigenvalue weighted by Crippen LogP contribution is 2.42. The number of thiophene rings is 1. The summed E-state index contributed by atoms with van der Waals surface area (Å²) in [7, 11) is 1.50. The van der Waals surface area contributed by atoms with Crippen LogP contribution in [0.4, 0.5) is 0 Å². The van der Waals surface area contributed by atoms with Crippen molar-refractivity contribution in [3.8, 4) is 33.4 Å². The first-order chi connectivity index (χ1) is 31.1. The second kappa shape index (κ2) is 17.0. The van der Waals surface area contributed by atoms with E-state index in [9.17, 15) is 0 Å². The molecule has 0 aliphatic carbocycles. The molecule has 12 aromatic rings. The van der Waals surface area contributed by atoms with Crippen molar-refractivity contribution in [2.75, 3.05) is 7.05 Å². The van der Waals surface area contributed by atoms with Crippen molar-refractivity contribution in [1.82, 2.24) is 0 Å². The fourth-order valence-corrected chi connectivity index (χ4v) is 10.0. The lowest BCUT2D eigenvalue weighted by Gasteiger charge is -2.13. The molecule has 0 saturated carbocycles. The van der Waals surface area contributed by atoms with Gasteiger partial charge in [-0.25, -0.2) is 0 Å². The molecule has 0 bridgehead atoms. The van der Waals surface area contributed by atoms with E-state index in [0.29, 0.717) is 5.71 Å². The first kappa shape index (κ1) is 39.5. The van der Waals surface area contributed by atoms with E-state index in [1.54, 1.807) is 11.3 Å². The van der Waals surface area contributed by atoms with Crippen molar-refractivity contribution in [1.29, 1.82) is 5.41 Å². The van der Waals surface area contributed by atoms with Crippen molar-refractivity contribution in [2.45, 2.75) is 6.92 Å². The van der Waals surface area contributed by atoms with Crippen molar-refractivity contribution in [3.05, 3.63) is 229 Å². The number of rotatable bonds is 5. The third kappa shape index (κ3) is 7.36. The van der Waals surface area contributed by atoms with Gasteiger partial charge < -0.3 is 10.2 Å². The molecule has 302 valence electrons. The normalized spacial score (nSPS) is 11.2. The van der Waals surface area contributed by atoms with E-state index in [4.69, 9.17) is 9.83 Å². The monoisotopic (exact) mass is 828 g/mol. The van der Waals surface area contributed by atoms with Crippen LogP contribution in [0.3, 0.4) is 0 Å². The molecule has 12 rings (SSSR count). The molecule has 10 aromatic carbocycles. The van der Waals surface area contributed by atoms with Crippen LogP contribution in [-0.4, -0.2) is 12.8 Å². The van der Waals surface area contributed by atoms with Crippen LogP contribution in [0.15, 0.2) is 217 Å². The Morgan fingerprint density at radius 3 is 1.63 bits per heavy atom. The topological polar surface area (TPSA) is 63.0 Å². The number of nitrogens with one attached hydrogen (secondary N) is 1. The van der Waals surface area contributed by atoms with Gasteiger partial charge in [-0.2, -0.15) is 0 Å². The zero-order valence-corrected chi connectivity index (χ0v) is 35.9. The fourth-order valence-electron chi connectivity index (χ4n) is 8.88. The minimum absolute atomic E-state index is 0.525. The Kier molecular flexibility index (Phi) is 10.7. The van der Waals surface area contributed by atoms with Crippen molar-refractivity contribution in [3.63, 3.8) is 0 Å². The van der Waals surface area contributed by atoms with Crippen molar-refractivity contribution < 1.29 is 4.42 Å². The van der Waals surface area contributed by atoms with Gasteiger partial charge in [0.2, 0.25) is 0 Å². The Balaban J connectivity index is 0.000000475. The van der Waals surface area contributed by atoms with Gasteiger partial charge in [0, 0.05) is 42.1 Å². The van der Waals surface area contributed by atoms with Crippen LogP contribution in [0.1, 0.15) is 16.7 Å². The van der Waals surface area contributed by atoms with Gasteiger partial charge in [-0.1, -0.05) is 188 Å². The summed E-state index contributed by atoms with van der Waals surface area (Å²) >= 11 is 1.79. The number of benzene rings is 10. The van der Waals surface area contributed by atoms with Gasteiger partial charge in [0.05, 0.1) is 5.71 Å². The van der Waals surface area contributed by atoms with Crippen LogP contribution in [0.2, 0.25) is 0 Å². The van der Waals surface area contributed by atoms with Crippen LogP contribution < -0.4 is 5.73 Å². The molecule has 0 spiro atoms. The van der Waals surface area contributed by atoms with Gasteiger partial charge >= 0.3 is 0 Å². The summed E-state index contributed by atoms with van der Waals surface area (Å²) in [4.78, 5) is 0. The Bertz CT molecular complexity index is 3600. The summed E-state index contributed by atoms with van der Waals surface area (Å²) in [5, 5.41) is 18.8. The number of fused-ring (bicyclic) bond motifs is 9.